The third-order valence-electron chi connectivity index (χ3n) is 5.68. The van der Waals surface area contributed by atoms with Gasteiger partial charge in [-0.2, -0.15) is 13.2 Å². The minimum absolute atomic E-state index is 0.0133. The predicted molar refractivity (Wildman–Crippen MR) is 115 cm³/mol. The Balaban J connectivity index is 1.73. The number of halogens is 4. The summed E-state index contributed by atoms with van der Waals surface area (Å²) in [5.41, 5.74) is -1.37. The molecule has 1 saturated carbocycles. The van der Waals surface area contributed by atoms with E-state index in [1.165, 1.54) is 0 Å². The van der Waals surface area contributed by atoms with Gasteiger partial charge in [-0.3, -0.25) is 9.59 Å². The topological polar surface area (TPSA) is 70.2 Å². The lowest BCUT2D eigenvalue weighted by Gasteiger charge is -2.28. The van der Waals surface area contributed by atoms with Crippen LogP contribution in [0, 0.1) is 17.8 Å². The standard InChI is InChI=1S/C23H33F4N3O2/c1-15(2)11-29-21(31)14-28-12-16-3-5-17(6-4-16)13-30-22(32)19-7-18(10-24)8-20(9-19)23(25,26)27/h7-9,15-17,28H,3-6,10-14H2,1-2H3,(H,29,31)(H,30,32)/t16-,17-. The maximum absolute atomic E-state index is 13.0. The van der Waals surface area contributed by atoms with Crippen LogP contribution in [0.15, 0.2) is 18.2 Å². The van der Waals surface area contributed by atoms with Crippen molar-refractivity contribution >= 4 is 11.8 Å². The molecule has 0 spiro atoms. The van der Waals surface area contributed by atoms with E-state index in [0.29, 0.717) is 31.5 Å². The summed E-state index contributed by atoms with van der Waals surface area (Å²) in [5.74, 6) is 0.475. The van der Waals surface area contributed by atoms with Gasteiger partial charge in [0.1, 0.15) is 6.67 Å². The summed E-state index contributed by atoms with van der Waals surface area (Å²) in [7, 11) is 0. The third kappa shape index (κ3) is 8.76. The molecule has 3 N–H and O–H groups in total. The SMILES string of the molecule is CC(C)CNC(=O)CNC[C@H]1CC[C@H](CNC(=O)c2cc(CF)cc(C(F)(F)F)c2)CC1. The zero-order valence-corrected chi connectivity index (χ0v) is 18.7. The zero-order chi connectivity index (χ0) is 23.7. The van der Waals surface area contributed by atoms with Gasteiger partial charge in [0.05, 0.1) is 12.1 Å². The van der Waals surface area contributed by atoms with Gasteiger partial charge in [-0.05, 0) is 73.7 Å². The molecule has 1 fully saturated rings. The number of rotatable bonds is 10. The molecule has 1 aromatic rings. The number of hydrogen-bond donors (Lipinski definition) is 3. The van der Waals surface area contributed by atoms with Crippen LogP contribution in [0.2, 0.25) is 0 Å². The van der Waals surface area contributed by atoms with Crippen LogP contribution in [0.4, 0.5) is 17.6 Å². The van der Waals surface area contributed by atoms with Gasteiger partial charge < -0.3 is 16.0 Å². The molecule has 9 heteroatoms. The Morgan fingerprint density at radius 3 is 2.19 bits per heavy atom. The minimum atomic E-state index is -4.64. The van der Waals surface area contributed by atoms with Crippen molar-refractivity contribution in [1.82, 2.24) is 16.0 Å². The molecule has 1 aliphatic rings. The number of carbonyl (C=O) groups is 2. The lowest BCUT2D eigenvalue weighted by atomic mass is 9.82. The molecule has 32 heavy (non-hydrogen) atoms. The summed E-state index contributed by atoms with van der Waals surface area (Å²) < 4.78 is 51.9. The number of nitrogens with one attached hydrogen (secondary N) is 3. The van der Waals surface area contributed by atoms with Crippen molar-refractivity contribution in [3.8, 4) is 0 Å². The molecule has 180 valence electrons. The highest BCUT2D eigenvalue weighted by Crippen LogP contribution is 2.31. The average molecular weight is 460 g/mol. The Hall–Kier alpha value is -2.16. The Morgan fingerprint density at radius 1 is 1.00 bits per heavy atom. The summed E-state index contributed by atoms with van der Waals surface area (Å²) in [4.78, 5) is 24.1. The Bertz CT molecular complexity index is 760. The van der Waals surface area contributed by atoms with E-state index < -0.39 is 24.3 Å². The largest absolute Gasteiger partial charge is 0.416 e. The smallest absolute Gasteiger partial charge is 0.355 e. The number of hydrogen-bond acceptors (Lipinski definition) is 3. The van der Waals surface area contributed by atoms with Crippen molar-refractivity contribution in [2.75, 3.05) is 26.2 Å². The normalized spacial score (nSPS) is 19.1. The summed E-state index contributed by atoms with van der Waals surface area (Å²) >= 11 is 0. The van der Waals surface area contributed by atoms with Crippen LogP contribution >= 0.6 is 0 Å². The lowest BCUT2D eigenvalue weighted by Crippen LogP contribution is -2.38. The van der Waals surface area contributed by atoms with E-state index >= 15 is 0 Å². The highest BCUT2D eigenvalue weighted by molar-refractivity contribution is 5.94. The fourth-order valence-electron chi connectivity index (χ4n) is 3.81. The summed E-state index contributed by atoms with van der Waals surface area (Å²) in [6, 6.07) is 2.64. The van der Waals surface area contributed by atoms with E-state index in [1.54, 1.807) is 0 Å². The zero-order valence-electron chi connectivity index (χ0n) is 18.7. The van der Waals surface area contributed by atoms with Gasteiger partial charge in [0.2, 0.25) is 5.91 Å². The Morgan fingerprint density at radius 2 is 1.62 bits per heavy atom. The van der Waals surface area contributed by atoms with Crippen LogP contribution in [0.1, 0.15) is 61.0 Å². The van der Waals surface area contributed by atoms with Crippen molar-refractivity contribution in [3.63, 3.8) is 0 Å². The summed E-state index contributed by atoms with van der Waals surface area (Å²) in [5, 5.41) is 8.75. The van der Waals surface area contributed by atoms with E-state index in [4.69, 9.17) is 0 Å². The Labute approximate surface area is 186 Å². The first-order valence-corrected chi connectivity index (χ1v) is 11.1. The fourth-order valence-corrected chi connectivity index (χ4v) is 3.81. The van der Waals surface area contributed by atoms with Crippen molar-refractivity contribution < 1.29 is 27.2 Å². The van der Waals surface area contributed by atoms with Crippen LogP contribution in [0.5, 0.6) is 0 Å². The Kier molecular flexibility index (Phi) is 9.93. The molecular formula is C23H33F4N3O2. The number of alkyl halides is 4. The number of benzene rings is 1. The molecule has 1 aromatic carbocycles. The second-order valence-electron chi connectivity index (χ2n) is 8.98. The lowest BCUT2D eigenvalue weighted by molar-refractivity contribution is -0.137. The molecule has 2 rings (SSSR count). The van der Waals surface area contributed by atoms with E-state index in [1.807, 2.05) is 13.8 Å². The van der Waals surface area contributed by atoms with E-state index in [9.17, 15) is 27.2 Å². The first-order valence-electron chi connectivity index (χ1n) is 11.1. The molecule has 0 aliphatic heterocycles. The highest BCUT2D eigenvalue weighted by atomic mass is 19.4. The molecule has 1 aliphatic carbocycles. The monoisotopic (exact) mass is 459 g/mol. The average Bonchev–Trinajstić information content (AvgIpc) is 2.76. The minimum Gasteiger partial charge on any atom is -0.355 e. The molecule has 0 atom stereocenters. The molecular weight excluding hydrogens is 426 g/mol. The van der Waals surface area contributed by atoms with Gasteiger partial charge in [-0.15, -0.1) is 0 Å². The van der Waals surface area contributed by atoms with Crippen molar-refractivity contribution in [2.24, 2.45) is 17.8 Å². The van der Waals surface area contributed by atoms with Gasteiger partial charge >= 0.3 is 6.18 Å². The van der Waals surface area contributed by atoms with Gasteiger partial charge in [0.25, 0.3) is 5.91 Å². The van der Waals surface area contributed by atoms with Crippen molar-refractivity contribution in [2.45, 2.75) is 52.4 Å². The van der Waals surface area contributed by atoms with E-state index in [-0.39, 0.29) is 23.0 Å². The highest BCUT2D eigenvalue weighted by Gasteiger charge is 2.32. The van der Waals surface area contributed by atoms with Gasteiger partial charge in [0, 0.05) is 18.7 Å². The van der Waals surface area contributed by atoms with Crippen molar-refractivity contribution in [3.05, 3.63) is 34.9 Å². The van der Waals surface area contributed by atoms with E-state index in [2.05, 4.69) is 16.0 Å². The summed E-state index contributed by atoms with van der Waals surface area (Å²) in [6.45, 7) is 5.09. The molecule has 0 aromatic heterocycles. The second kappa shape index (κ2) is 12.2. The van der Waals surface area contributed by atoms with Crippen LogP contribution in [-0.2, 0) is 17.6 Å². The molecule has 0 radical (unpaired) electrons. The van der Waals surface area contributed by atoms with Gasteiger partial charge in [-0.1, -0.05) is 13.8 Å². The summed E-state index contributed by atoms with van der Waals surface area (Å²) in [6.07, 6.45) is -0.940. The molecule has 0 saturated heterocycles. The van der Waals surface area contributed by atoms with Crippen LogP contribution in [-0.4, -0.2) is 38.0 Å². The fraction of sp³-hybridized carbons (Fsp3) is 0.652. The van der Waals surface area contributed by atoms with E-state index in [0.717, 1.165) is 50.4 Å². The molecule has 2 amide bonds. The van der Waals surface area contributed by atoms with Crippen molar-refractivity contribution in [1.29, 1.82) is 0 Å². The maximum atomic E-state index is 13.0. The molecule has 5 nitrogen and oxygen atoms in total. The van der Waals surface area contributed by atoms with Gasteiger partial charge in [-0.25, -0.2) is 4.39 Å². The van der Waals surface area contributed by atoms with Crippen LogP contribution < -0.4 is 16.0 Å². The number of carbonyl (C=O) groups excluding carboxylic acids is 2. The first kappa shape index (κ1) is 26.1. The first-order chi connectivity index (χ1) is 15.1. The quantitative estimate of drug-likeness (QED) is 0.462. The van der Waals surface area contributed by atoms with Gasteiger partial charge in [0.15, 0.2) is 0 Å². The molecule has 0 heterocycles. The third-order valence-corrected chi connectivity index (χ3v) is 5.68. The van der Waals surface area contributed by atoms with Crippen LogP contribution in [0.25, 0.3) is 0 Å². The van der Waals surface area contributed by atoms with Crippen LogP contribution in [0.3, 0.4) is 0 Å². The predicted octanol–water partition coefficient (Wildman–Crippen LogP) is 4.07. The number of amides is 2. The molecule has 0 unspecified atom stereocenters. The maximum Gasteiger partial charge on any atom is 0.416 e. The molecule has 0 bridgehead atoms. The second-order valence-corrected chi connectivity index (χ2v) is 8.98.